The summed E-state index contributed by atoms with van der Waals surface area (Å²) >= 11 is 5.74. The first-order valence-corrected chi connectivity index (χ1v) is 6.09. The molecule has 0 bridgehead atoms. The number of carbonyl (C=O) groups is 1. The SMILES string of the molecule is CC(CO)C(C)NC(=O)c1cc(Cl)cc([N+](=O)[O-])c1. The van der Waals surface area contributed by atoms with Crippen LogP contribution in [0.3, 0.4) is 0 Å². The fraction of sp³-hybridized carbons (Fsp3) is 0.417. The van der Waals surface area contributed by atoms with Crippen molar-refractivity contribution in [1.82, 2.24) is 5.32 Å². The van der Waals surface area contributed by atoms with E-state index in [0.717, 1.165) is 6.07 Å². The van der Waals surface area contributed by atoms with Gasteiger partial charge in [0, 0.05) is 35.4 Å². The molecule has 2 N–H and O–H groups in total. The first kappa shape index (κ1) is 15.4. The number of nitro groups is 1. The van der Waals surface area contributed by atoms with E-state index in [0.29, 0.717) is 0 Å². The lowest BCUT2D eigenvalue weighted by atomic mass is 10.0. The Morgan fingerprint density at radius 1 is 1.47 bits per heavy atom. The number of aliphatic hydroxyl groups is 1. The minimum atomic E-state index is -0.609. The van der Waals surface area contributed by atoms with E-state index in [-0.39, 0.29) is 34.8 Å². The summed E-state index contributed by atoms with van der Waals surface area (Å²) in [5, 5.41) is 22.5. The van der Waals surface area contributed by atoms with Crippen molar-refractivity contribution in [3.05, 3.63) is 38.9 Å². The van der Waals surface area contributed by atoms with Crippen LogP contribution in [-0.2, 0) is 0 Å². The number of nitrogens with zero attached hydrogens (tertiary/aromatic N) is 1. The number of aliphatic hydroxyl groups excluding tert-OH is 1. The first-order chi connectivity index (χ1) is 8.85. The van der Waals surface area contributed by atoms with Crippen molar-refractivity contribution < 1.29 is 14.8 Å². The van der Waals surface area contributed by atoms with Gasteiger partial charge in [0.05, 0.1) is 4.92 Å². The Kier molecular flexibility index (Phi) is 5.26. The third kappa shape index (κ3) is 4.18. The van der Waals surface area contributed by atoms with Crippen LogP contribution in [0.4, 0.5) is 5.69 Å². The van der Waals surface area contributed by atoms with Gasteiger partial charge in [0.25, 0.3) is 11.6 Å². The summed E-state index contributed by atoms with van der Waals surface area (Å²) in [5.41, 5.74) is -0.114. The number of carbonyl (C=O) groups excluding carboxylic acids is 1. The summed E-state index contributed by atoms with van der Waals surface area (Å²) in [6, 6.07) is 3.45. The van der Waals surface area contributed by atoms with E-state index in [1.165, 1.54) is 12.1 Å². The molecule has 2 unspecified atom stereocenters. The largest absolute Gasteiger partial charge is 0.396 e. The number of rotatable bonds is 5. The van der Waals surface area contributed by atoms with Gasteiger partial charge in [-0.2, -0.15) is 0 Å². The molecule has 0 spiro atoms. The normalized spacial score (nSPS) is 13.7. The molecule has 6 nitrogen and oxygen atoms in total. The Balaban J connectivity index is 2.91. The molecular formula is C12H15ClN2O4. The second kappa shape index (κ2) is 6.49. The van der Waals surface area contributed by atoms with Gasteiger partial charge >= 0.3 is 0 Å². The van der Waals surface area contributed by atoms with E-state index >= 15 is 0 Å². The molecule has 2 atom stereocenters. The van der Waals surface area contributed by atoms with Gasteiger partial charge in [0.15, 0.2) is 0 Å². The van der Waals surface area contributed by atoms with E-state index in [1.807, 2.05) is 0 Å². The molecular weight excluding hydrogens is 272 g/mol. The molecule has 0 fully saturated rings. The third-order valence-corrected chi connectivity index (χ3v) is 3.07. The van der Waals surface area contributed by atoms with Crippen molar-refractivity contribution in [1.29, 1.82) is 0 Å². The molecule has 0 aliphatic carbocycles. The van der Waals surface area contributed by atoms with E-state index in [2.05, 4.69) is 5.32 Å². The molecule has 0 aliphatic rings. The van der Waals surface area contributed by atoms with Crippen molar-refractivity contribution in [2.45, 2.75) is 19.9 Å². The maximum atomic E-state index is 11.9. The van der Waals surface area contributed by atoms with Crippen molar-refractivity contribution in [2.75, 3.05) is 6.61 Å². The highest BCUT2D eigenvalue weighted by molar-refractivity contribution is 6.31. The summed E-state index contributed by atoms with van der Waals surface area (Å²) < 4.78 is 0. The monoisotopic (exact) mass is 286 g/mol. The number of halogens is 1. The molecule has 7 heteroatoms. The Labute approximate surface area is 115 Å². The van der Waals surface area contributed by atoms with Crippen LogP contribution in [0, 0.1) is 16.0 Å². The minimum absolute atomic E-state index is 0.0584. The maximum Gasteiger partial charge on any atom is 0.271 e. The Morgan fingerprint density at radius 3 is 2.63 bits per heavy atom. The summed E-state index contributed by atoms with van der Waals surface area (Å²) in [6.07, 6.45) is 0. The van der Waals surface area contributed by atoms with Gasteiger partial charge in [-0.1, -0.05) is 18.5 Å². The van der Waals surface area contributed by atoms with Crippen LogP contribution < -0.4 is 5.32 Å². The number of benzene rings is 1. The number of nitro benzene ring substituents is 1. The Hall–Kier alpha value is -1.66. The molecule has 0 saturated heterocycles. The molecule has 1 amide bonds. The highest BCUT2D eigenvalue weighted by Crippen LogP contribution is 2.21. The Bertz CT molecular complexity index is 493. The lowest BCUT2D eigenvalue weighted by molar-refractivity contribution is -0.384. The topological polar surface area (TPSA) is 92.5 Å². The average Bonchev–Trinajstić information content (AvgIpc) is 2.36. The zero-order chi connectivity index (χ0) is 14.6. The van der Waals surface area contributed by atoms with Crippen LogP contribution in [0.25, 0.3) is 0 Å². The van der Waals surface area contributed by atoms with Gasteiger partial charge in [-0.15, -0.1) is 0 Å². The molecule has 19 heavy (non-hydrogen) atoms. The van der Waals surface area contributed by atoms with Crippen molar-refractivity contribution in [3.63, 3.8) is 0 Å². The highest BCUT2D eigenvalue weighted by Gasteiger charge is 2.18. The van der Waals surface area contributed by atoms with Gasteiger partial charge in [-0.05, 0) is 18.9 Å². The van der Waals surface area contributed by atoms with Gasteiger partial charge in [-0.25, -0.2) is 0 Å². The van der Waals surface area contributed by atoms with Gasteiger partial charge in [0.1, 0.15) is 0 Å². The smallest absolute Gasteiger partial charge is 0.271 e. The van der Waals surface area contributed by atoms with Crippen LogP contribution in [0.5, 0.6) is 0 Å². The van der Waals surface area contributed by atoms with Gasteiger partial charge in [-0.3, -0.25) is 14.9 Å². The standard InChI is InChI=1S/C12H15ClN2O4/c1-7(6-16)8(2)14-12(17)9-3-10(13)5-11(4-9)15(18)19/h3-5,7-8,16H,6H2,1-2H3,(H,14,17). The molecule has 1 aromatic carbocycles. The fourth-order valence-corrected chi connectivity index (χ4v) is 1.63. The third-order valence-electron chi connectivity index (χ3n) is 2.86. The van der Waals surface area contributed by atoms with E-state index in [9.17, 15) is 14.9 Å². The lowest BCUT2D eigenvalue weighted by Gasteiger charge is -2.19. The zero-order valence-electron chi connectivity index (χ0n) is 10.6. The minimum Gasteiger partial charge on any atom is -0.396 e. The van der Waals surface area contributed by atoms with E-state index in [4.69, 9.17) is 16.7 Å². The number of non-ortho nitro benzene ring substituents is 1. The molecule has 104 valence electrons. The molecule has 0 heterocycles. The highest BCUT2D eigenvalue weighted by atomic mass is 35.5. The number of nitrogens with one attached hydrogen (secondary N) is 1. The van der Waals surface area contributed by atoms with Crippen LogP contribution in [0.15, 0.2) is 18.2 Å². The maximum absolute atomic E-state index is 11.9. The average molecular weight is 287 g/mol. The van der Waals surface area contributed by atoms with Crippen LogP contribution in [0.1, 0.15) is 24.2 Å². The summed E-state index contributed by atoms with van der Waals surface area (Å²) in [4.78, 5) is 22.0. The lowest BCUT2D eigenvalue weighted by Crippen LogP contribution is -2.38. The molecule has 1 rings (SSSR count). The van der Waals surface area contributed by atoms with Crippen LogP contribution in [0.2, 0.25) is 5.02 Å². The second-order valence-corrected chi connectivity index (χ2v) is 4.81. The molecule has 0 aromatic heterocycles. The second-order valence-electron chi connectivity index (χ2n) is 4.38. The number of hydrogen-bond acceptors (Lipinski definition) is 4. The molecule has 1 aromatic rings. The van der Waals surface area contributed by atoms with Crippen molar-refractivity contribution >= 4 is 23.2 Å². The number of hydrogen-bond donors (Lipinski definition) is 2. The Morgan fingerprint density at radius 2 is 2.11 bits per heavy atom. The zero-order valence-corrected chi connectivity index (χ0v) is 11.3. The predicted octanol–water partition coefficient (Wildman–Crippen LogP) is 1.99. The van der Waals surface area contributed by atoms with Crippen LogP contribution >= 0.6 is 11.6 Å². The molecule has 0 aliphatic heterocycles. The van der Waals surface area contributed by atoms with Crippen molar-refractivity contribution in [3.8, 4) is 0 Å². The van der Waals surface area contributed by atoms with E-state index in [1.54, 1.807) is 13.8 Å². The fourth-order valence-electron chi connectivity index (χ4n) is 1.40. The van der Waals surface area contributed by atoms with Gasteiger partial charge in [0.2, 0.25) is 0 Å². The van der Waals surface area contributed by atoms with E-state index < -0.39 is 10.8 Å². The number of amides is 1. The summed E-state index contributed by atoms with van der Waals surface area (Å²) in [7, 11) is 0. The molecule has 0 saturated carbocycles. The molecule has 0 radical (unpaired) electrons. The van der Waals surface area contributed by atoms with Crippen LogP contribution in [-0.4, -0.2) is 28.6 Å². The summed E-state index contributed by atoms with van der Waals surface area (Å²) in [6.45, 7) is 3.47. The first-order valence-electron chi connectivity index (χ1n) is 5.72. The van der Waals surface area contributed by atoms with Crippen molar-refractivity contribution in [2.24, 2.45) is 5.92 Å². The van der Waals surface area contributed by atoms with Gasteiger partial charge < -0.3 is 10.4 Å². The predicted molar refractivity (Wildman–Crippen MR) is 71.3 cm³/mol. The summed E-state index contributed by atoms with van der Waals surface area (Å²) in [5.74, 6) is -0.573. The quantitative estimate of drug-likeness (QED) is 0.639.